The third kappa shape index (κ3) is 3.93. The molecule has 1 aliphatic heterocycles. The second-order valence-electron chi connectivity index (χ2n) is 7.22. The summed E-state index contributed by atoms with van der Waals surface area (Å²) in [5, 5.41) is 2.60. The lowest BCUT2D eigenvalue weighted by molar-refractivity contribution is 0.101. The standard InChI is InChI=1S/C18H23F2N5O2S/c1-10(2)13-5-4-12-15(28(21,27)24-13)9-25(3)16(12)18(26)23-11-6-7-22-14(8-11)17(19)20/h6-10,13,17H,4-5H2,1-3H3,(H2,21,24,27)(H,22,23,26)/t13-,28?/m0/s1. The zero-order valence-corrected chi connectivity index (χ0v) is 16.6. The Morgan fingerprint density at radius 2 is 2.18 bits per heavy atom. The Bertz CT molecular complexity index is 1000. The molecule has 0 fully saturated rings. The van der Waals surface area contributed by atoms with Crippen LogP contribution in [-0.4, -0.2) is 25.7 Å². The summed E-state index contributed by atoms with van der Waals surface area (Å²) in [6.07, 6.45) is 1.12. The number of rotatable bonds is 4. The Kier molecular flexibility index (Phi) is 5.53. The van der Waals surface area contributed by atoms with E-state index >= 15 is 0 Å². The maximum Gasteiger partial charge on any atom is 0.280 e. The third-order valence-electron chi connectivity index (χ3n) is 4.86. The number of alkyl halides is 2. The molecule has 0 aromatic carbocycles. The van der Waals surface area contributed by atoms with Gasteiger partial charge in [0.15, 0.2) is 0 Å². The minimum atomic E-state index is -3.26. The van der Waals surface area contributed by atoms with Gasteiger partial charge in [-0.1, -0.05) is 13.8 Å². The molecule has 0 aliphatic carbocycles. The summed E-state index contributed by atoms with van der Waals surface area (Å²) in [6, 6.07) is 2.44. The molecule has 0 radical (unpaired) electrons. The van der Waals surface area contributed by atoms with Crippen molar-refractivity contribution in [3.8, 4) is 0 Å². The molecule has 0 saturated heterocycles. The molecule has 3 rings (SSSR count). The Hall–Kier alpha value is -2.33. The first-order valence-electron chi connectivity index (χ1n) is 8.90. The smallest absolute Gasteiger partial charge is 0.280 e. The highest BCUT2D eigenvalue weighted by Gasteiger charge is 2.31. The Morgan fingerprint density at radius 3 is 2.82 bits per heavy atom. The molecule has 152 valence electrons. The SMILES string of the molecule is CC(C)[C@@H]1CCc2c(cn(C)c2C(=O)Nc2ccnc(C(F)F)c2)S(=N)(=O)N1. The molecule has 0 saturated carbocycles. The number of carbonyl (C=O) groups is 1. The molecule has 28 heavy (non-hydrogen) atoms. The van der Waals surface area contributed by atoms with E-state index in [0.29, 0.717) is 23.3 Å². The van der Waals surface area contributed by atoms with Gasteiger partial charge >= 0.3 is 0 Å². The maximum atomic E-state index is 12.9. The molecule has 0 spiro atoms. The Labute approximate surface area is 162 Å². The molecule has 2 aromatic rings. The average Bonchev–Trinajstić information content (AvgIpc) is 2.89. The molecule has 7 nitrogen and oxygen atoms in total. The molecule has 3 heterocycles. The van der Waals surface area contributed by atoms with E-state index in [1.807, 2.05) is 13.8 Å². The summed E-state index contributed by atoms with van der Waals surface area (Å²) in [5.74, 6) is -0.320. The Balaban J connectivity index is 1.95. The number of nitrogens with zero attached hydrogens (tertiary/aromatic N) is 2. The fourth-order valence-corrected chi connectivity index (χ4v) is 5.17. The second kappa shape index (κ2) is 7.59. The van der Waals surface area contributed by atoms with Gasteiger partial charge in [-0.2, -0.15) is 0 Å². The predicted octanol–water partition coefficient (Wildman–Crippen LogP) is 3.49. The van der Waals surface area contributed by atoms with Crippen molar-refractivity contribution >= 4 is 21.5 Å². The molecular formula is C18H23F2N5O2S. The topological polar surface area (TPSA) is 99.9 Å². The van der Waals surface area contributed by atoms with Crippen LogP contribution in [0, 0.1) is 10.7 Å². The first kappa shape index (κ1) is 20.4. The van der Waals surface area contributed by atoms with Crippen LogP contribution in [-0.2, 0) is 23.4 Å². The molecule has 2 atom stereocenters. The fraction of sp³-hybridized carbons (Fsp3) is 0.444. The fourth-order valence-electron chi connectivity index (χ4n) is 3.38. The van der Waals surface area contributed by atoms with E-state index in [4.69, 9.17) is 4.78 Å². The molecule has 1 amide bonds. The predicted molar refractivity (Wildman–Crippen MR) is 102 cm³/mol. The molecule has 3 N–H and O–H groups in total. The number of anilines is 1. The molecule has 1 aliphatic rings. The first-order valence-corrected chi connectivity index (χ1v) is 10.5. The number of pyridine rings is 1. The van der Waals surface area contributed by atoms with E-state index in [9.17, 15) is 17.8 Å². The van der Waals surface area contributed by atoms with Gasteiger partial charge in [-0.15, -0.1) is 0 Å². The number of halogens is 2. The summed E-state index contributed by atoms with van der Waals surface area (Å²) in [5.41, 5.74) is 0.598. The van der Waals surface area contributed by atoms with Gasteiger partial charge in [0, 0.05) is 36.7 Å². The molecule has 2 aromatic heterocycles. The number of aryl methyl sites for hydroxylation is 1. The number of hydrogen-bond acceptors (Lipinski definition) is 4. The van der Waals surface area contributed by atoms with E-state index in [1.165, 1.54) is 23.0 Å². The third-order valence-corrected chi connectivity index (χ3v) is 6.47. The van der Waals surface area contributed by atoms with Crippen molar-refractivity contribution < 1.29 is 17.8 Å². The molecule has 0 bridgehead atoms. The first-order chi connectivity index (χ1) is 13.1. The summed E-state index contributed by atoms with van der Waals surface area (Å²) in [7, 11) is -1.62. The van der Waals surface area contributed by atoms with Crippen LogP contribution in [0.1, 0.15) is 48.4 Å². The Morgan fingerprint density at radius 1 is 1.46 bits per heavy atom. The maximum absolute atomic E-state index is 12.9. The monoisotopic (exact) mass is 411 g/mol. The number of aromatic nitrogens is 2. The van der Waals surface area contributed by atoms with Gasteiger partial charge in [0.25, 0.3) is 12.3 Å². The summed E-state index contributed by atoms with van der Waals surface area (Å²) < 4.78 is 51.4. The van der Waals surface area contributed by atoms with Crippen molar-refractivity contribution in [1.82, 2.24) is 14.3 Å². The van der Waals surface area contributed by atoms with Crippen LogP contribution in [0.15, 0.2) is 29.4 Å². The van der Waals surface area contributed by atoms with Crippen LogP contribution in [0.5, 0.6) is 0 Å². The van der Waals surface area contributed by atoms with Gasteiger partial charge < -0.3 is 9.88 Å². The van der Waals surface area contributed by atoms with Crippen LogP contribution in [0.25, 0.3) is 0 Å². The number of fused-ring (bicyclic) bond motifs is 1. The summed E-state index contributed by atoms with van der Waals surface area (Å²) in [6.45, 7) is 3.97. The highest BCUT2D eigenvalue weighted by atomic mass is 32.2. The van der Waals surface area contributed by atoms with Crippen LogP contribution in [0.4, 0.5) is 14.5 Å². The quantitative estimate of drug-likeness (QED) is 0.718. The number of carbonyl (C=O) groups excluding carboxylic acids is 1. The van der Waals surface area contributed by atoms with Crippen molar-refractivity contribution in [3.63, 3.8) is 0 Å². The van der Waals surface area contributed by atoms with E-state index in [2.05, 4.69) is 15.0 Å². The molecular weight excluding hydrogens is 388 g/mol. The van der Waals surface area contributed by atoms with Crippen molar-refractivity contribution in [3.05, 3.63) is 41.5 Å². The van der Waals surface area contributed by atoms with Crippen LogP contribution < -0.4 is 10.0 Å². The molecule has 10 heteroatoms. The summed E-state index contributed by atoms with van der Waals surface area (Å²) >= 11 is 0. The lowest BCUT2D eigenvalue weighted by Crippen LogP contribution is -2.36. The number of hydrogen-bond donors (Lipinski definition) is 3. The van der Waals surface area contributed by atoms with Crippen molar-refractivity contribution in [2.24, 2.45) is 13.0 Å². The van der Waals surface area contributed by atoms with Crippen molar-refractivity contribution in [1.29, 1.82) is 4.78 Å². The zero-order valence-electron chi connectivity index (χ0n) is 15.8. The van der Waals surface area contributed by atoms with E-state index in [1.54, 1.807) is 7.05 Å². The van der Waals surface area contributed by atoms with Gasteiger partial charge in [0.05, 0.1) is 4.90 Å². The van der Waals surface area contributed by atoms with Gasteiger partial charge in [0.1, 0.15) is 21.3 Å². The van der Waals surface area contributed by atoms with E-state index in [-0.39, 0.29) is 23.3 Å². The minimum Gasteiger partial charge on any atom is -0.345 e. The number of nitrogens with one attached hydrogen (secondary N) is 3. The van der Waals surface area contributed by atoms with Crippen LogP contribution in [0.3, 0.4) is 0 Å². The van der Waals surface area contributed by atoms with Crippen LogP contribution in [0.2, 0.25) is 0 Å². The van der Waals surface area contributed by atoms with Crippen molar-refractivity contribution in [2.45, 2.75) is 44.1 Å². The average molecular weight is 411 g/mol. The van der Waals surface area contributed by atoms with Crippen LogP contribution >= 0.6 is 0 Å². The number of amides is 1. The minimum absolute atomic E-state index is 0.104. The lowest BCUT2D eigenvalue weighted by Gasteiger charge is -2.20. The largest absolute Gasteiger partial charge is 0.345 e. The van der Waals surface area contributed by atoms with E-state index in [0.717, 1.165) is 6.07 Å². The van der Waals surface area contributed by atoms with Crippen molar-refractivity contribution in [2.75, 3.05) is 5.32 Å². The van der Waals surface area contributed by atoms with Gasteiger partial charge in [-0.05, 0) is 30.9 Å². The zero-order chi connectivity index (χ0) is 20.6. The van der Waals surface area contributed by atoms with E-state index < -0.39 is 27.9 Å². The molecule has 1 unspecified atom stereocenters. The second-order valence-corrected chi connectivity index (χ2v) is 9.01. The van der Waals surface area contributed by atoms with Gasteiger partial charge in [-0.3, -0.25) is 9.78 Å². The highest BCUT2D eigenvalue weighted by Crippen LogP contribution is 2.30. The van der Waals surface area contributed by atoms with Gasteiger partial charge in [0.2, 0.25) is 0 Å². The van der Waals surface area contributed by atoms with Gasteiger partial charge in [-0.25, -0.2) is 22.5 Å². The highest BCUT2D eigenvalue weighted by molar-refractivity contribution is 7.90. The summed E-state index contributed by atoms with van der Waals surface area (Å²) in [4.78, 5) is 16.7. The lowest BCUT2D eigenvalue weighted by atomic mass is 9.97. The normalized spacial score (nSPS) is 22.2.